The molecule has 0 aliphatic carbocycles. The highest BCUT2D eigenvalue weighted by Gasteiger charge is 2.28. The van der Waals surface area contributed by atoms with Gasteiger partial charge in [0, 0.05) is 31.0 Å². The van der Waals surface area contributed by atoms with Crippen LogP contribution in [0.1, 0.15) is 0 Å². The van der Waals surface area contributed by atoms with Crippen LogP contribution >= 0.6 is 0 Å². The summed E-state index contributed by atoms with van der Waals surface area (Å²) < 4.78 is 13.2. The highest BCUT2D eigenvalue weighted by Crippen LogP contribution is 2.28. The quantitative estimate of drug-likeness (QED) is 0.846. The van der Waals surface area contributed by atoms with Crippen LogP contribution in [0.25, 0.3) is 10.9 Å². The Balaban J connectivity index is 2.02. The molecule has 17 heavy (non-hydrogen) atoms. The van der Waals surface area contributed by atoms with Crippen molar-refractivity contribution in [2.75, 3.05) is 24.6 Å². The van der Waals surface area contributed by atoms with Gasteiger partial charge in [-0.15, -0.1) is 0 Å². The molecular weight excluding hydrogens is 221 g/mol. The molecule has 1 aromatic carbocycles. The van der Waals surface area contributed by atoms with E-state index in [9.17, 15) is 4.39 Å². The normalized spacial score (nSPS) is 16.2. The van der Waals surface area contributed by atoms with Crippen molar-refractivity contribution < 1.29 is 9.50 Å². The van der Waals surface area contributed by atoms with E-state index in [4.69, 9.17) is 5.11 Å². The molecule has 4 nitrogen and oxygen atoms in total. The fourth-order valence-corrected chi connectivity index (χ4v) is 2.13. The highest BCUT2D eigenvalue weighted by molar-refractivity contribution is 5.89. The zero-order valence-electron chi connectivity index (χ0n) is 9.17. The second-order valence-corrected chi connectivity index (χ2v) is 4.31. The third-order valence-electron chi connectivity index (χ3n) is 3.09. The largest absolute Gasteiger partial charge is 0.396 e. The van der Waals surface area contributed by atoms with Gasteiger partial charge in [-0.2, -0.15) is 0 Å². The summed E-state index contributed by atoms with van der Waals surface area (Å²) in [6.45, 7) is 1.71. The van der Waals surface area contributed by atoms with E-state index >= 15 is 0 Å². The van der Waals surface area contributed by atoms with E-state index in [0.717, 1.165) is 29.8 Å². The summed E-state index contributed by atoms with van der Waals surface area (Å²) in [6.07, 6.45) is 1.49. The van der Waals surface area contributed by atoms with Crippen LogP contribution in [0, 0.1) is 11.7 Å². The minimum Gasteiger partial charge on any atom is -0.396 e. The van der Waals surface area contributed by atoms with Crippen LogP contribution < -0.4 is 4.90 Å². The molecule has 0 radical (unpaired) electrons. The topological polar surface area (TPSA) is 49.2 Å². The Morgan fingerprint density at radius 3 is 2.94 bits per heavy atom. The van der Waals surface area contributed by atoms with Gasteiger partial charge < -0.3 is 10.0 Å². The summed E-state index contributed by atoms with van der Waals surface area (Å²) in [5.74, 6) is 0.764. The first-order valence-corrected chi connectivity index (χ1v) is 5.54. The zero-order chi connectivity index (χ0) is 11.8. The SMILES string of the molecule is OCC1CN(c2ncnc3ccc(F)cc23)C1. The summed E-state index contributed by atoms with van der Waals surface area (Å²) in [5, 5.41) is 9.71. The van der Waals surface area contributed by atoms with Gasteiger partial charge in [0.05, 0.1) is 5.52 Å². The second-order valence-electron chi connectivity index (χ2n) is 4.31. The molecule has 1 aliphatic rings. The molecule has 2 heterocycles. The predicted octanol–water partition coefficient (Wildman–Crippen LogP) is 1.20. The number of fused-ring (bicyclic) bond motifs is 1. The molecule has 0 saturated carbocycles. The Labute approximate surface area is 97.7 Å². The first-order chi connectivity index (χ1) is 8.28. The maximum Gasteiger partial charge on any atom is 0.140 e. The summed E-state index contributed by atoms with van der Waals surface area (Å²) in [4.78, 5) is 10.3. The molecule has 2 aromatic rings. The van der Waals surface area contributed by atoms with Gasteiger partial charge in [0.15, 0.2) is 0 Å². The molecule has 88 valence electrons. The fraction of sp³-hybridized carbons (Fsp3) is 0.333. The zero-order valence-corrected chi connectivity index (χ0v) is 9.17. The molecular formula is C12H12FN3O. The van der Waals surface area contributed by atoms with Crippen molar-refractivity contribution in [3.63, 3.8) is 0 Å². The van der Waals surface area contributed by atoms with Crippen LogP contribution in [-0.2, 0) is 0 Å². The van der Waals surface area contributed by atoms with E-state index in [1.807, 2.05) is 4.90 Å². The highest BCUT2D eigenvalue weighted by atomic mass is 19.1. The van der Waals surface area contributed by atoms with E-state index in [1.54, 1.807) is 6.07 Å². The molecule has 1 aliphatic heterocycles. The molecule has 1 N–H and O–H groups in total. The van der Waals surface area contributed by atoms with Crippen molar-refractivity contribution in [1.82, 2.24) is 9.97 Å². The average molecular weight is 233 g/mol. The van der Waals surface area contributed by atoms with Crippen LogP contribution in [0.4, 0.5) is 10.2 Å². The lowest BCUT2D eigenvalue weighted by atomic mass is 10.0. The van der Waals surface area contributed by atoms with Crippen LogP contribution in [-0.4, -0.2) is 34.8 Å². The molecule has 0 bridgehead atoms. The first-order valence-electron chi connectivity index (χ1n) is 5.54. The van der Waals surface area contributed by atoms with Crippen molar-refractivity contribution in [2.24, 2.45) is 5.92 Å². The summed E-state index contributed by atoms with van der Waals surface area (Å²) in [7, 11) is 0. The Morgan fingerprint density at radius 2 is 2.18 bits per heavy atom. The van der Waals surface area contributed by atoms with E-state index in [2.05, 4.69) is 9.97 Å². The number of halogens is 1. The predicted molar refractivity (Wildman–Crippen MR) is 62.3 cm³/mol. The van der Waals surface area contributed by atoms with Crippen LogP contribution in [0.15, 0.2) is 24.5 Å². The van der Waals surface area contributed by atoms with E-state index in [0.29, 0.717) is 5.92 Å². The fourth-order valence-electron chi connectivity index (χ4n) is 2.13. The van der Waals surface area contributed by atoms with Gasteiger partial charge in [-0.1, -0.05) is 0 Å². The lowest BCUT2D eigenvalue weighted by molar-refractivity contribution is 0.200. The Hall–Kier alpha value is -1.75. The number of nitrogens with zero attached hydrogens (tertiary/aromatic N) is 3. The summed E-state index contributed by atoms with van der Waals surface area (Å²) in [6, 6.07) is 4.50. The molecule has 0 atom stereocenters. The van der Waals surface area contributed by atoms with Gasteiger partial charge in [-0.05, 0) is 18.2 Å². The van der Waals surface area contributed by atoms with Crippen molar-refractivity contribution in [2.45, 2.75) is 0 Å². The summed E-state index contributed by atoms with van der Waals surface area (Å²) in [5.41, 5.74) is 0.740. The number of hydrogen-bond acceptors (Lipinski definition) is 4. The number of aliphatic hydroxyl groups is 1. The van der Waals surface area contributed by atoms with Crippen LogP contribution in [0.3, 0.4) is 0 Å². The van der Waals surface area contributed by atoms with Crippen LogP contribution in [0.5, 0.6) is 0 Å². The minimum atomic E-state index is -0.284. The lowest BCUT2D eigenvalue weighted by Gasteiger charge is -2.39. The average Bonchev–Trinajstić information content (AvgIpc) is 2.28. The lowest BCUT2D eigenvalue weighted by Crippen LogP contribution is -2.48. The number of anilines is 1. The standard InChI is InChI=1S/C12H12FN3O/c13-9-1-2-11-10(3-9)12(15-7-14-11)16-4-8(5-16)6-17/h1-3,7-8,17H,4-6H2. The van der Waals surface area contributed by atoms with Gasteiger partial charge in [0.1, 0.15) is 18.0 Å². The smallest absolute Gasteiger partial charge is 0.140 e. The number of hydrogen-bond donors (Lipinski definition) is 1. The molecule has 1 fully saturated rings. The van der Waals surface area contributed by atoms with Crippen molar-refractivity contribution in [3.8, 4) is 0 Å². The van der Waals surface area contributed by atoms with Gasteiger partial charge in [-0.3, -0.25) is 0 Å². The van der Waals surface area contributed by atoms with Gasteiger partial charge in [0.2, 0.25) is 0 Å². The summed E-state index contributed by atoms with van der Waals surface area (Å²) >= 11 is 0. The van der Waals surface area contributed by atoms with E-state index in [1.165, 1.54) is 18.5 Å². The van der Waals surface area contributed by atoms with Gasteiger partial charge >= 0.3 is 0 Å². The molecule has 1 saturated heterocycles. The van der Waals surface area contributed by atoms with Crippen molar-refractivity contribution in [3.05, 3.63) is 30.3 Å². The maximum atomic E-state index is 13.2. The number of rotatable bonds is 2. The third kappa shape index (κ3) is 1.72. The molecule has 0 unspecified atom stereocenters. The third-order valence-corrected chi connectivity index (χ3v) is 3.09. The van der Waals surface area contributed by atoms with E-state index in [-0.39, 0.29) is 12.4 Å². The molecule has 3 rings (SSSR count). The maximum absolute atomic E-state index is 13.2. The Morgan fingerprint density at radius 1 is 1.35 bits per heavy atom. The monoisotopic (exact) mass is 233 g/mol. The molecule has 0 spiro atoms. The Bertz CT molecular complexity index is 554. The van der Waals surface area contributed by atoms with Crippen LogP contribution in [0.2, 0.25) is 0 Å². The van der Waals surface area contributed by atoms with Crippen molar-refractivity contribution in [1.29, 1.82) is 0 Å². The number of aromatic nitrogens is 2. The van der Waals surface area contributed by atoms with Gasteiger partial charge in [0.25, 0.3) is 0 Å². The first kappa shape index (κ1) is 10.4. The minimum absolute atomic E-state index is 0.188. The van der Waals surface area contributed by atoms with E-state index < -0.39 is 0 Å². The number of aliphatic hydroxyl groups excluding tert-OH is 1. The molecule has 0 amide bonds. The number of benzene rings is 1. The Kier molecular flexibility index (Phi) is 2.40. The van der Waals surface area contributed by atoms with Crippen molar-refractivity contribution >= 4 is 16.7 Å². The second kappa shape index (κ2) is 3.92. The molecule has 1 aromatic heterocycles. The van der Waals surface area contributed by atoms with Gasteiger partial charge in [-0.25, -0.2) is 14.4 Å². The molecule has 5 heteroatoms.